The summed E-state index contributed by atoms with van der Waals surface area (Å²) in [6.45, 7) is 2.95. The van der Waals surface area contributed by atoms with Crippen molar-refractivity contribution >= 4 is 29.2 Å². The highest BCUT2D eigenvalue weighted by atomic mass is 32.1. The van der Waals surface area contributed by atoms with Crippen LogP contribution in [0.15, 0.2) is 42.5 Å². The number of aryl methyl sites for hydroxylation is 1. The zero-order valence-electron chi connectivity index (χ0n) is 15.2. The van der Waals surface area contributed by atoms with Gasteiger partial charge in [0.15, 0.2) is 0 Å². The van der Waals surface area contributed by atoms with E-state index >= 15 is 0 Å². The van der Waals surface area contributed by atoms with E-state index in [9.17, 15) is 22.8 Å². The van der Waals surface area contributed by atoms with Crippen molar-refractivity contribution in [2.75, 3.05) is 26.2 Å². The summed E-state index contributed by atoms with van der Waals surface area (Å²) < 4.78 is 39.4. The SMILES string of the molecule is Cc1ccc(C=CC(=O)N2CCN(C(=O)c3ccccc3C(F)(F)F)CC2)s1. The van der Waals surface area contributed by atoms with Gasteiger partial charge in [0.25, 0.3) is 5.91 Å². The van der Waals surface area contributed by atoms with Gasteiger partial charge < -0.3 is 9.80 Å². The van der Waals surface area contributed by atoms with Crippen molar-refractivity contribution in [3.8, 4) is 0 Å². The van der Waals surface area contributed by atoms with Crippen LogP contribution in [0.25, 0.3) is 6.08 Å². The average Bonchev–Trinajstić information content (AvgIpc) is 3.10. The first kappa shape index (κ1) is 20.1. The number of amides is 2. The van der Waals surface area contributed by atoms with Gasteiger partial charge in [0.1, 0.15) is 0 Å². The molecule has 1 saturated heterocycles. The van der Waals surface area contributed by atoms with E-state index in [1.807, 2.05) is 19.1 Å². The van der Waals surface area contributed by atoms with Crippen molar-refractivity contribution in [2.45, 2.75) is 13.1 Å². The van der Waals surface area contributed by atoms with Gasteiger partial charge in [0, 0.05) is 42.0 Å². The molecule has 4 nitrogen and oxygen atoms in total. The summed E-state index contributed by atoms with van der Waals surface area (Å²) in [6, 6.07) is 8.67. The lowest BCUT2D eigenvalue weighted by atomic mass is 10.1. The van der Waals surface area contributed by atoms with Crippen molar-refractivity contribution < 1.29 is 22.8 Å². The van der Waals surface area contributed by atoms with Crippen LogP contribution in [0.5, 0.6) is 0 Å². The Morgan fingerprint density at radius 2 is 1.64 bits per heavy atom. The number of hydrogen-bond donors (Lipinski definition) is 0. The summed E-state index contributed by atoms with van der Waals surface area (Å²) in [7, 11) is 0. The van der Waals surface area contributed by atoms with E-state index in [1.165, 1.54) is 29.2 Å². The molecule has 1 aromatic carbocycles. The van der Waals surface area contributed by atoms with Crippen LogP contribution in [-0.4, -0.2) is 47.8 Å². The van der Waals surface area contributed by atoms with E-state index < -0.39 is 17.6 Å². The Balaban J connectivity index is 1.62. The number of rotatable bonds is 3. The molecule has 0 spiro atoms. The zero-order valence-corrected chi connectivity index (χ0v) is 16.0. The minimum atomic E-state index is -4.59. The molecule has 2 amide bonds. The Morgan fingerprint density at radius 3 is 2.25 bits per heavy atom. The van der Waals surface area contributed by atoms with E-state index in [-0.39, 0.29) is 37.6 Å². The summed E-state index contributed by atoms with van der Waals surface area (Å²) in [5.41, 5.74) is -1.30. The molecular weight excluding hydrogens is 389 g/mol. The van der Waals surface area contributed by atoms with E-state index in [1.54, 1.807) is 22.3 Å². The first-order chi connectivity index (χ1) is 13.3. The van der Waals surface area contributed by atoms with E-state index in [4.69, 9.17) is 0 Å². The summed E-state index contributed by atoms with van der Waals surface area (Å²) >= 11 is 1.58. The first-order valence-corrected chi connectivity index (χ1v) is 9.56. The van der Waals surface area contributed by atoms with Crippen molar-refractivity contribution in [3.63, 3.8) is 0 Å². The fourth-order valence-electron chi connectivity index (χ4n) is 3.02. The third kappa shape index (κ3) is 4.62. The van der Waals surface area contributed by atoms with Gasteiger partial charge in [-0.2, -0.15) is 13.2 Å². The van der Waals surface area contributed by atoms with Gasteiger partial charge in [-0.3, -0.25) is 9.59 Å². The van der Waals surface area contributed by atoms with Crippen molar-refractivity contribution in [1.82, 2.24) is 9.80 Å². The molecule has 2 heterocycles. The average molecular weight is 408 g/mol. The van der Waals surface area contributed by atoms with Crippen LogP contribution in [0.1, 0.15) is 25.7 Å². The highest BCUT2D eigenvalue weighted by Gasteiger charge is 2.36. The summed E-state index contributed by atoms with van der Waals surface area (Å²) in [4.78, 5) is 30.0. The predicted molar refractivity (Wildman–Crippen MR) is 102 cm³/mol. The molecule has 0 atom stereocenters. The number of halogens is 3. The first-order valence-electron chi connectivity index (χ1n) is 8.74. The van der Waals surface area contributed by atoms with Crippen LogP contribution < -0.4 is 0 Å². The molecule has 1 aromatic heterocycles. The molecule has 0 radical (unpaired) electrons. The number of carbonyl (C=O) groups is 2. The zero-order chi connectivity index (χ0) is 20.3. The molecule has 3 rings (SSSR count). The Morgan fingerprint density at radius 1 is 1.00 bits per heavy atom. The number of carbonyl (C=O) groups excluding carboxylic acids is 2. The summed E-state index contributed by atoms with van der Waals surface area (Å²) in [5.74, 6) is -0.835. The molecule has 0 N–H and O–H groups in total. The van der Waals surface area contributed by atoms with Gasteiger partial charge in [0.2, 0.25) is 5.91 Å². The third-order valence-corrected chi connectivity index (χ3v) is 5.46. The molecular formula is C20H19F3N2O2S. The molecule has 28 heavy (non-hydrogen) atoms. The maximum Gasteiger partial charge on any atom is 0.417 e. The lowest BCUT2D eigenvalue weighted by Gasteiger charge is -2.34. The lowest BCUT2D eigenvalue weighted by Crippen LogP contribution is -2.50. The maximum atomic E-state index is 13.1. The van der Waals surface area contributed by atoms with Crippen molar-refractivity contribution in [2.24, 2.45) is 0 Å². The minimum absolute atomic E-state index is 0.172. The van der Waals surface area contributed by atoms with Gasteiger partial charge in [-0.1, -0.05) is 12.1 Å². The van der Waals surface area contributed by atoms with Gasteiger partial charge in [-0.15, -0.1) is 11.3 Å². The van der Waals surface area contributed by atoms with Gasteiger partial charge >= 0.3 is 6.18 Å². The lowest BCUT2D eigenvalue weighted by molar-refractivity contribution is -0.138. The molecule has 1 aliphatic rings. The minimum Gasteiger partial charge on any atom is -0.336 e. The number of alkyl halides is 3. The van der Waals surface area contributed by atoms with Crippen LogP contribution in [0.4, 0.5) is 13.2 Å². The number of thiophene rings is 1. The second kappa shape index (κ2) is 8.18. The quantitative estimate of drug-likeness (QED) is 0.719. The molecule has 8 heteroatoms. The molecule has 0 aliphatic carbocycles. The largest absolute Gasteiger partial charge is 0.417 e. The molecule has 0 bridgehead atoms. The van der Waals surface area contributed by atoms with E-state index in [0.717, 1.165) is 15.8 Å². The predicted octanol–water partition coefficient (Wildman–Crippen LogP) is 4.07. The number of benzene rings is 1. The summed E-state index contributed by atoms with van der Waals surface area (Å²) in [6.07, 6.45) is -1.35. The van der Waals surface area contributed by atoms with Crippen LogP contribution in [0, 0.1) is 6.92 Å². The second-order valence-electron chi connectivity index (χ2n) is 6.44. The van der Waals surface area contributed by atoms with E-state index in [2.05, 4.69) is 0 Å². The van der Waals surface area contributed by atoms with Crippen LogP contribution >= 0.6 is 11.3 Å². The van der Waals surface area contributed by atoms with Gasteiger partial charge in [-0.05, 0) is 37.3 Å². The number of nitrogens with zero attached hydrogens (tertiary/aromatic N) is 2. The van der Waals surface area contributed by atoms with Crippen LogP contribution in [0.2, 0.25) is 0 Å². The van der Waals surface area contributed by atoms with Crippen LogP contribution in [0.3, 0.4) is 0 Å². The fourth-order valence-corrected chi connectivity index (χ4v) is 3.80. The third-order valence-electron chi connectivity index (χ3n) is 4.49. The Bertz CT molecular complexity index is 897. The van der Waals surface area contributed by atoms with E-state index in [0.29, 0.717) is 0 Å². The smallest absolute Gasteiger partial charge is 0.336 e. The molecule has 1 aliphatic heterocycles. The molecule has 148 valence electrons. The number of hydrogen-bond acceptors (Lipinski definition) is 3. The second-order valence-corrected chi connectivity index (χ2v) is 7.76. The fraction of sp³-hybridized carbons (Fsp3) is 0.300. The Labute approximate surface area is 164 Å². The van der Waals surface area contributed by atoms with Gasteiger partial charge in [-0.25, -0.2) is 0 Å². The molecule has 0 unspecified atom stereocenters. The Hall–Kier alpha value is -2.61. The highest BCUT2D eigenvalue weighted by Crippen LogP contribution is 2.32. The maximum absolute atomic E-state index is 13.1. The summed E-state index contributed by atoms with van der Waals surface area (Å²) in [5, 5.41) is 0. The normalized spacial score (nSPS) is 15.3. The van der Waals surface area contributed by atoms with Crippen LogP contribution in [-0.2, 0) is 11.0 Å². The Kier molecular flexibility index (Phi) is 5.88. The monoisotopic (exact) mass is 408 g/mol. The molecule has 1 fully saturated rings. The number of piperazine rings is 1. The highest BCUT2D eigenvalue weighted by molar-refractivity contribution is 7.12. The van der Waals surface area contributed by atoms with Crippen molar-refractivity contribution in [1.29, 1.82) is 0 Å². The standard InChI is InChI=1S/C20H19F3N2O2S/c1-14-6-7-15(28-14)8-9-18(26)24-10-12-25(13-11-24)19(27)16-4-2-3-5-17(16)20(21,22)23/h2-9H,10-13H2,1H3. The van der Waals surface area contributed by atoms with Crippen molar-refractivity contribution in [3.05, 3.63) is 63.4 Å². The molecule has 2 aromatic rings. The van der Waals surface area contributed by atoms with Gasteiger partial charge in [0.05, 0.1) is 11.1 Å². The topological polar surface area (TPSA) is 40.6 Å². The molecule has 0 saturated carbocycles.